The maximum atomic E-state index is 5.97. The second-order valence-electron chi connectivity index (χ2n) is 6.53. The summed E-state index contributed by atoms with van der Waals surface area (Å²) >= 11 is 0. The third-order valence-corrected chi connectivity index (χ3v) is 4.84. The smallest absolute Gasteiger partial charge is 0.0697 e. The average Bonchev–Trinajstić information content (AvgIpc) is 2.72. The molecule has 1 aromatic rings. The van der Waals surface area contributed by atoms with Crippen molar-refractivity contribution < 1.29 is 4.74 Å². The van der Waals surface area contributed by atoms with Gasteiger partial charge in [-0.15, -0.1) is 0 Å². The maximum absolute atomic E-state index is 5.97. The zero-order valence-electron chi connectivity index (χ0n) is 12.8. The molecule has 0 bridgehead atoms. The first-order chi connectivity index (χ1) is 9.67. The van der Waals surface area contributed by atoms with Gasteiger partial charge in [-0.2, -0.15) is 5.10 Å². The van der Waals surface area contributed by atoms with Crippen LogP contribution in [0.2, 0.25) is 0 Å². The molecule has 2 aliphatic rings. The Kier molecular flexibility index (Phi) is 4.13. The van der Waals surface area contributed by atoms with Crippen LogP contribution in [0.4, 0.5) is 0 Å². The molecule has 0 aromatic carbocycles. The van der Waals surface area contributed by atoms with Crippen molar-refractivity contribution in [1.29, 1.82) is 0 Å². The summed E-state index contributed by atoms with van der Waals surface area (Å²) in [6, 6.07) is 2.80. The lowest BCUT2D eigenvalue weighted by Gasteiger charge is -2.47. The maximum Gasteiger partial charge on any atom is 0.0697 e. The average molecular weight is 277 g/mol. The summed E-state index contributed by atoms with van der Waals surface area (Å²) in [4.78, 5) is 0. The molecule has 1 aromatic heterocycles. The standard InChI is InChI=1S/C16H27N3O/c1-13-11-14(2)19(18-13)9-4-8-17-15-5-10-20-16(12-15)6-3-7-16/h11,15,17H,3-10,12H2,1-2H3. The highest BCUT2D eigenvalue weighted by atomic mass is 16.5. The first-order valence-electron chi connectivity index (χ1n) is 8.05. The number of aromatic nitrogens is 2. The lowest BCUT2D eigenvalue weighted by Crippen LogP contribution is -2.51. The van der Waals surface area contributed by atoms with Crippen molar-refractivity contribution in [2.24, 2.45) is 0 Å². The van der Waals surface area contributed by atoms with Gasteiger partial charge in [-0.3, -0.25) is 4.68 Å². The third-order valence-electron chi connectivity index (χ3n) is 4.84. The normalized spacial score (nSPS) is 24.8. The Morgan fingerprint density at radius 2 is 2.30 bits per heavy atom. The number of aryl methyl sites for hydroxylation is 3. The minimum absolute atomic E-state index is 0.256. The zero-order valence-corrected chi connectivity index (χ0v) is 12.8. The third kappa shape index (κ3) is 3.07. The Bertz CT molecular complexity index is 451. The summed E-state index contributed by atoms with van der Waals surface area (Å²) in [5.74, 6) is 0. The van der Waals surface area contributed by atoms with Gasteiger partial charge >= 0.3 is 0 Å². The summed E-state index contributed by atoms with van der Waals surface area (Å²) in [6.45, 7) is 7.23. The minimum Gasteiger partial charge on any atom is -0.375 e. The molecule has 1 saturated heterocycles. The molecule has 1 unspecified atom stereocenters. The van der Waals surface area contributed by atoms with E-state index in [0.29, 0.717) is 6.04 Å². The Balaban J connectivity index is 1.38. The number of rotatable bonds is 5. The van der Waals surface area contributed by atoms with Gasteiger partial charge in [-0.25, -0.2) is 0 Å². The van der Waals surface area contributed by atoms with Crippen LogP contribution in [0.25, 0.3) is 0 Å². The van der Waals surface area contributed by atoms with E-state index in [1.807, 2.05) is 0 Å². The molecule has 1 saturated carbocycles. The van der Waals surface area contributed by atoms with Crippen LogP contribution >= 0.6 is 0 Å². The molecular formula is C16H27N3O. The first kappa shape index (κ1) is 14.1. The Hall–Kier alpha value is -0.870. The largest absolute Gasteiger partial charge is 0.375 e. The van der Waals surface area contributed by atoms with Gasteiger partial charge in [0.25, 0.3) is 0 Å². The molecule has 1 N–H and O–H groups in total. The van der Waals surface area contributed by atoms with E-state index in [0.717, 1.165) is 31.8 Å². The van der Waals surface area contributed by atoms with Crippen LogP contribution in [0.15, 0.2) is 6.07 Å². The van der Waals surface area contributed by atoms with Gasteiger partial charge in [0.1, 0.15) is 0 Å². The molecular weight excluding hydrogens is 250 g/mol. The zero-order chi connectivity index (χ0) is 14.0. The van der Waals surface area contributed by atoms with Crippen molar-refractivity contribution in [3.8, 4) is 0 Å². The van der Waals surface area contributed by atoms with Crippen LogP contribution in [-0.4, -0.2) is 34.6 Å². The second-order valence-corrected chi connectivity index (χ2v) is 6.53. The predicted octanol–water partition coefficient (Wildman–Crippen LogP) is 2.58. The van der Waals surface area contributed by atoms with E-state index in [1.165, 1.54) is 37.8 Å². The predicted molar refractivity (Wildman–Crippen MR) is 79.9 cm³/mol. The Labute approximate surface area is 121 Å². The molecule has 1 aliphatic heterocycles. The number of nitrogens with one attached hydrogen (secondary N) is 1. The van der Waals surface area contributed by atoms with E-state index in [4.69, 9.17) is 4.74 Å². The lowest BCUT2D eigenvalue weighted by atomic mass is 9.74. The monoisotopic (exact) mass is 277 g/mol. The van der Waals surface area contributed by atoms with Crippen molar-refractivity contribution in [2.45, 2.75) is 70.6 Å². The van der Waals surface area contributed by atoms with Crippen LogP contribution in [-0.2, 0) is 11.3 Å². The molecule has 2 heterocycles. The van der Waals surface area contributed by atoms with Gasteiger partial charge in [0.15, 0.2) is 0 Å². The fraction of sp³-hybridized carbons (Fsp3) is 0.812. The topological polar surface area (TPSA) is 39.1 Å². The van der Waals surface area contributed by atoms with Gasteiger partial charge in [0, 0.05) is 24.9 Å². The number of ether oxygens (including phenoxy) is 1. The van der Waals surface area contributed by atoms with Crippen molar-refractivity contribution in [3.05, 3.63) is 17.5 Å². The molecule has 4 heteroatoms. The van der Waals surface area contributed by atoms with Gasteiger partial charge in [-0.05, 0) is 65.0 Å². The summed E-state index contributed by atoms with van der Waals surface area (Å²) in [5.41, 5.74) is 2.64. The van der Waals surface area contributed by atoms with Gasteiger partial charge in [-0.1, -0.05) is 0 Å². The van der Waals surface area contributed by atoms with Crippen LogP contribution in [0.5, 0.6) is 0 Å². The summed E-state index contributed by atoms with van der Waals surface area (Å²) in [5, 5.41) is 8.23. The van der Waals surface area contributed by atoms with Crippen LogP contribution in [0, 0.1) is 13.8 Å². The van der Waals surface area contributed by atoms with E-state index >= 15 is 0 Å². The molecule has 0 amide bonds. The lowest BCUT2D eigenvalue weighted by molar-refractivity contribution is -0.135. The van der Waals surface area contributed by atoms with Crippen LogP contribution in [0.3, 0.4) is 0 Å². The number of hydrogen-bond acceptors (Lipinski definition) is 3. The molecule has 20 heavy (non-hydrogen) atoms. The van der Waals surface area contributed by atoms with Crippen molar-refractivity contribution in [2.75, 3.05) is 13.2 Å². The Morgan fingerprint density at radius 1 is 1.45 bits per heavy atom. The molecule has 3 rings (SSSR count). The van der Waals surface area contributed by atoms with E-state index < -0.39 is 0 Å². The second kappa shape index (κ2) is 5.86. The molecule has 2 fully saturated rings. The van der Waals surface area contributed by atoms with Crippen molar-refractivity contribution >= 4 is 0 Å². The number of nitrogens with zero attached hydrogens (tertiary/aromatic N) is 2. The van der Waals surface area contributed by atoms with Crippen molar-refractivity contribution in [3.63, 3.8) is 0 Å². The summed E-state index contributed by atoms with van der Waals surface area (Å²) in [6.07, 6.45) is 7.43. The number of hydrogen-bond donors (Lipinski definition) is 1. The quantitative estimate of drug-likeness (QED) is 0.841. The van der Waals surface area contributed by atoms with Crippen molar-refractivity contribution in [1.82, 2.24) is 15.1 Å². The van der Waals surface area contributed by atoms with E-state index in [2.05, 4.69) is 35.0 Å². The fourth-order valence-electron chi connectivity index (χ4n) is 3.56. The van der Waals surface area contributed by atoms with E-state index in [9.17, 15) is 0 Å². The molecule has 4 nitrogen and oxygen atoms in total. The van der Waals surface area contributed by atoms with Gasteiger partial charge in [0.05, 0.1) is 11.3 Å². The molecule has 1 aliphatic carbocycles. The molecule has 1 spiro atoms. The van der Waals surface area contributed by atoms with Crippen LogP contribution in [0.1, 0.15) is 49.9 Å². The molecule has 1 atom stereocenters. The minimum atomic E-state index is 0.256. The highest BCUT2D eigenvalue weighted by Crippen LogP contribution is 2.42. The van der Waals surface area contributed by atoms with Gasteiger partial charge < -0.3 is 10.1 Å². The summed E-state index contributed by atoms with van der Waals surface area (Å²) < 4.78 is 8.09. The van der Waals surface area contributed by atoms with Crippen LogP contribution < -0.4 is 5.32 Å². The van der Waals surface area contributed by atoms with E-state index in [-0.39, 0.29) is 5.60 Å². The molecule has 0 radical (unpaired) electrons. The highest BCUT2D eigenvalue weighted by molar-refractivity contribution is 5.06. The summed E-state index contributed by atoms with van der Waals surface area (Å²) in [7, 11) is 0. The van der Waals surface area contributed by atoms with E-state index in [1.54, 1.807) is 0 Å². The van der Waals surface area contributed by atoms with Gasteiger partial charge in [0.2, 0.25) is 0 Å². The SMILES string of the molecule is Cc1cc(C)n(CCCNC2CCOC3(CCC3)C2)n1. The molecule has 112 valence electrons. The first-order valence-corrected chi connectivity index (χ1v) is 8.05. The fourth-order valence-corrected chi connectivity index (χ4v) is 3.56. The highest BCUT2D eigenvalue weighted by Gasteiger charge is 2.42. The Morgan fingerprint density at radius 3 is 2.95 bits per heavy atom.